The zero-order chi connectivity index (χ0) is 48.7. The van der Waals surface area contributed by atoms with Crippen molar-refractivity contribution in [3.8, 4) is 0 Å². The average molecular weight is 947 g/mol. The molecular weight excluding hydrogens is 881 g/mol. The number of rotatable bonds is 16. The Morgan fingerprint density at radius 3 is 2.29 bits per heavy atom. The summed E-state index contributed by atoms with van der Waals surface area (Å²) in [6.45, 7) is 11.0. The second-order valence-electron chi connectivity index (χ2n) is 20.6. The average Bonchev–Trinajstić information content (AvgIpc) is 4.00. The molecule has 6 unspecified atom stereocenters. The summed E-state index contributed by atoms with van der Waals surface area (Å²) < 4.78 is 12.6. The molecule has 6 heterocycles. The van der Waals surface area contributed by atoms with Crippen LogP contribution < -0.4 is 20.9 Å². The van der Waals surface area contributed by atoms with Crippen molar-refractivity contribution in [1.82, 2.24) is 25.1 Å². The molecule has 3 N–H and O–H groups in total. The predicted molar refractivity (Wildman–Crippen MR) is 271 cm³/mol. The molecule has 10 rings (SSSR count). The number of carbonyl (C=O) groups is 4. The molecule has 3 fully saturated rings. The van der Waals surface area contributed by atoms with Crippen LogP contribution in [0.1, 0.15) is 132 Å². The molecule has 70 heavy (non-hydrogen) atoms. The molecule has 1 aliphatic carbocycles. The number of amides is 1. The third-order valence-corrected chi connectivity index (χ3v) is 15.4. The maximum Gasteiger partial charge on any atom is 0.306 e. The number of hydrogen-bond donors (Lipinski definition) is 3. The van der Waals surface area contributed by atoms with Gasteiger partial charge in [0, 0.05) is 111 Å². The molecule has 0 saturated carbocycles. The molecule has 14 heteroatoms. The van der Waals surface area contributed by atoms with Gasteiger partial charge in [-0.05, 0) is 120 Å². The molecule has 3 aromatic carbocycles. The van der Waals surface area contributed by atoms with Crippen LogP contribution in [0, 0.1) is 6.92 Å². The lowest BCUT2D eigenvalue weighted by Crippen LogP contribution is -2.61. The first-order valence-electron chi connectivity index (χ1n) is 25.3. The minimum atomic E-state index is -0.800. The summed E-state index contributed by atoms with van der Waals surface area (Å²) in [6.07, 6.45) is 9.19. The van der Waals surface area contributed by atoms with E-state index in [4.69, 9.17) is 19.4 Å². The molecule has 1 amide bonds. The number of nitrogens with one attached hydrogen (secondary N) is 3. The van der Waals surface area contributed by atoms with E-state index in [0.29, 0.717) is 53.0 Å². The van der Waals surface area contributed by atoms with Gasteiger partial charge in [-0.2, -0.15) is 0 Å². The highest BCUT2D eigenvalue weighted by molar-refractivity contribution is 6.33. The third kappa shape index (κ3) is 9.53. The highest BCUT2D eigenvalue weighted by atomic mass is 16.6. The van der Waals surface area contributed by atoms with Gasteiger partial charge >= 0.3 is 5.97 Å². The van der Waals surface area contributed by atoms with Crippen molar-refractivity contribution in [2.24, 2.45) is 0 Å². The van der Waals surface area contributed by atoms with E-state index in [9.17, 15) is 19.2 Å². The van der Waals surface area contributed by atoms with Gasteiger partial charge in [0.25, 0.3) is 0 Å². The molecule has 3 saturated heterocycles. The van der Waals surface area contributed by atoms with Gasteiger partial charge in [0.2, 0.25) is 5.91 Å². The van der Waals surface area contributed by atoms with E-state index < -0.39 is 23.7 Å². The Kier molecular flexibility index (Phi) is 13.5. The van der Waals surface area contributed by atoms with Crippen molar-refractivity contribution < 1.29 is 28.7 Å². The van der Waals surface area contributed by atoms with E-state index in [1.165, 1.54) is 31.4 Å². The zero-order valence-electron chi connectivity index (χ0n) is 41.2. The first-order chi connectivity index (χ1) is 33.8. The number of likely N-dealkylation sites (tertiary alicyclic amines) is 2. The first-order valence-corrected chi connectivity index (χ1v) is 25.3. The van der Waals surface area contributed by atoms with Crippen LogP contribution in [0.15, 0.2) is 79.1 Å². The van der Waals surface area contributed by atoms with E-state index in [-0.39, 0.29) is 36.4 Å². The van der Waals surface area contributed by atoms with Crippen molar-refractivity contribution >= 4 is 51.3 Å². The predicted octanol–water partition coefficient (Wildman–Crippen LogP) is 8.14. The number of anilines is 3. The third-order valence-electron chi connectivity index (χ3n) is 15.4. The Labute approximate surface area is 410 Å². The van der Waals surface area contributed by atoms with Gasteiger partial charge in [0.15, 0.2) is 17.7 Å². The van der Waals surface area contributed by atoms with Crippen molar-refractivity contribution in [3.63, 3.8) is 0 Å². The molecule has 2 aromatic heterocycles. The summed E-state index contributed by atoms with van der Waals surface area (Å²) in [5.41, 5.74) is 7.52. The fraction of sp³-hybridized carbons (Fsp3) is 0.464. The molecule has 6 atom stereocenters. The molecule has 14 nitrogen and oxygen atoms in total. The molecular formula is C56H66N8O6. The van der Waals surface area contributed by atoms with Crippen molar-refractivity contribution in [1.29, 1.82) is 0 Å². The minimum absolute atomic E-state index is 0.00468. The zero-order valence-corrected chi connectivity index (χ0v) is 41.2. The lowest BCUT2D eigenvalue weighted by atomic mass is 9.73. The number of unbranched alkanes of at least 4 members (excludes halogenated alkanes) is 1. The van der Waals surface area contributed by atoms with Crippen LogP contribution in [0.2, 0.25) is 0 Å². The van der Waals surface area contributed by atoms with E-state index in [0.717, 1.165) is 84.5 Å². The number of ether oxygens (including phenoxy) is 2. The normalized spacial score (nSPS) is 23.9. The number of carbonyl (C=O) groups excluding carboxylic acids is 4. The number of pyridine rings is 2. The highest BCUT2D eigenvalue weighted by Crippen LogP contribution is 2.50. The van der Waals surface area contributed by atoms with Crippen LogP contribution in [0.5, 0.6) is 0 Å². The number of nitrogens with zero attached hydrogens (tertiary/aromatic N) is 5. The van der Waals surface area contributed by atoms with Gasteiger partial charge in [-0.3, -0.25) is 38.9 Å². The van der Waals surface area contributed by atoms with E-state index >= 15 is 0 Å². The lowest BCUT2D eigenvalue weighted by molar-refractivity contribution is -0.183. The summed E-state index contributed by atoms with van der Waals surface area (Å²) in [5, 5.41) is 11.8. The van der Waals surface area contributed by atoms with Gasteiger partial charge in [-0.25, -0.2) is 0 Å². The Balaban J connectivity index is 0.669. The first kappa shape index (κ1) is 47.5. The highest BCUT2D eigenvalue weighted by Gasteiger charge is 2.53. The van der Waals surface area contributed by atoms with Gasteiger partial charge < -0.3 is 30.3 Å². The minimum Gasteiger partial charge on any atom is -0.457 e. The van der Waals surface area contributed by atoms with Gasteiger partial charge in [0.1, 0.15) is 0 Å². The van der Waals surface area contributed by atoms with Crippen molar-refractivity contribution in [2.75, 3.05) is 55.8 Å². The quantitative estimate of drug-likeness (QED) is 0.0632. The number of aryl methyl sites for hydroxylation is 1. The molecule has 366 valence electrons. The molecule has 0 radical (unpaired) electrons. The number of hydrogen-bond acceptors (Lipinski definition) is 13. The fourth-order valence-electron chi connectivity index (χ4n) is 11.9. The SMILES string of the molecule is Cc1ccc2c3c(ccc2c1)C(=O)c1c(ccc2c1NC1(C)CC2OC(C)C1OC(=O)CCC(=O)NCCCCNc1ccnc(CN2CCCC2C2CCCN2Cc2cc(N(C)C)ccn2)c1)C3=O. The van der Waals surface area contributed by atoms with Crippen LogP contribution in [-0.4, -0.2) is 113 Å². The second kappa shape index (κ2) is 19.9. The topological polar surface area (TPSA) is 158 Å². The Morgan fingerprint density at radius 2 is 1.53 bits per heavy atom. The number of fused-ring (bicyclic) bond motifs is 9. The maximum absolute atomic E-state index is 14.3. The molecule has 5 aromatic rings. The summed E-state index contributed by atoms with van der Waals surface area (Å²) >= 11 is 0. The summed E-state index contributed by atoms with van der Waals surface area (Å²) in [7, 11) is 4.14. The van der Waals surface area contributed by atoms with Gasteiger partial charge in [0.05, 0.1) is 46.8 Å². The number of benzene rings is 3. The van der Waals surface area contributed by atoms with Crippen LogP contribution >= 0.6 is 0 Å². The smallest absolute Gasteiger partial charge is 0.306 e. The van der Waals surface area contributed by atoms with E-state index in [1.54, 1.807) is 12.1 Å². The van der Waals surface area contributed by atoms with Gasteiger partial charge in [-0.1, -0.05) is 35.9 Å². The van der Waals surface area contributed by atoms with Crippen molar-refractivity contribution in [3.05, 3.63) is 124 Å². The maximum atomic E-state index is 14.3. The summed E-state index contributed by atoms with van der Waals surface area (Å²) in [6, 6.07) is 22.6. The largest absolute Gasteiger partial charge is 0.457 e. The van der Waals surface area contributed by atoms with E-state index in [2.05, 4.69) is 62.9 Å². The van der Waals surface area contributed by atoms with Crippen LogP contribution in [0.3, 0.4) is 0 Å². The van der Waals surface area contributed by atoms with Gasteiger partial charge in [-0.15, -0.1) is 0 Å². The Bertz CT molecular complexity index is 2830. The fourth-order valence-corrected chi connectivity index (χ4v) is 11.9. The van der Waals surface area contributed by atoms with Crippen LogP contribution in [0.25, 0.3) is 10.8 Å². The van der Waals surface area contributed by atoms with E-state index in [1.807, 2.05) is 69.6 Å². The van der Waals surface area contributed by atoms with Crippen molar-refractivity contribution in [2.45, 2.75) is 128 Å². The number of aromatic nitrogens is 2. The summed E-state index contributed by atoms with van der Waals surface area (Å²) in [5.74, 6) is -1.12. The lowest BCUT2D eigenvalue weighted by Gasteiger charge is -2.52. The Morgan fingerprint density at radius 1 is 0.843 bits per heavy atom. The second-order valence-corrected chi connectivity index (χ2v) is 20.6. The number of esters is 1. The molecule has 2 bridgehead atoms. The van der Waals surface area contributed by atoms with Crippen LogP contribution in [-0.2, 0) is 32.2 Å². The van der Waals surface area contributed by atoms with Crippen LogP contribution in [0.4, 0.5) is 17.1 Å². The number of ketones is 2. The Hall–Kier alpha value is -6.22. The molecule has 4 aliphatic heterocycles. The summed E-state index contributed by atoms with van der Waals surface area (Å²) in [4.78, 5) is 71.6. The molecule has 5 aliphatic rings. The standard InChI is InChI=1S/C56H66N8O6/c1-34-12-14-41-36(28-34)13-15-43-50(41)53(67)44-17-16-42-47-31-56(3,61-52(42)51(44)54(43)68)55(35(2)69-47)70-49(66)19-18-48(65)60-23-7-6-22-57-37-20-24-58-38(29-37)32-63-26-8-10-45(63)46-11-9-27-64(46)33-39-30-40(62(4)5)21-25-59-39/h12-17,20-21,24-25,28-30,35,45-47,55,61H,6-11,18-19,22-23,26-27,31-33H2,1-5H3,(H,57,58)(H,60,65). The molecule has 0 spiro atoms. The monoisotopic (exact) mass is 947 g/mol.